The van der Waals surface area contributed by atoms with Crippen LogP contribution in [0.15, 0.2) is 36.4 Å². The van der Waals surface area contributed by atoms with E-state index in [1.54, 1.807) is 0 Å². The van der Waals surface area contributed by atoms with E-state index in [-0.39, 0.29) is 18.2 Å². The molecular weight excluding hydrogens is 324 g/mol. The van der Waals surface area contributed by atoms with Gasteiger partial charge < -0.3 is 9.47 Å². The maximum absolute atomic E-state index is 12.2. The molecule has 2 aromatic carbocycles. The Bertz CT molecular complexity index is 759. The van der Waals surface area contributed by atoms with Gasteiger partial charge in [0.15, 0.2) is 6.61 Å². The van der Waals surface area contributed by atoms with Crippen LogP contribution in [-0.4, -0.2) is 18.2 Å². The van der Waals surface area contributed by atoms with Gasteiger partial charge in [0.1, 0.15) is 11.4 Å². The van der Waals surface area contributed by atoms with Gasteiger partial charge in [-0.15, -0.1) is 0 Å². The Morgan fingerprint density at radius 1 is 1.08 bits per heavy atom. The summed E-state index contributed by atoms with van der Waals surface area (Å²) in [6.45, 7) is 6.52. The third-order valence-corrected chi connectivity index (χ3v) is 5.86. The molecule has 1 unspecified atom stereocenters. The van der Waals surface area contributed by atoms with Crippen molar-refractivity contribution >= 4 is 16.7 Å². The predicted octanol–water partition coefficient (Wildman–Crippen LogP) is 6.00. The van der Waals surface area contributed by atoms with Crippen LogP contribution in [0.1, 0.15) is 70.8 Å². The Labute approximate surface area is 156 Å². The summed E-state index contributed by atoms with van der Waals surface area (Å²) >= 11 is 0. The molecular formula is C23H30O3. The van der Waals surface area contributed by atoms with Crippen LogP contribution in [0.2, 0.25) is 0 Å². The molecule has 3 heteroatoms. The Morgan fingerprint density at radius 3 is 2.46 bits per heavy atom. The molecule has 0 aromatic heterocycles. The molecule has 0 bridgehead atoms. The fraction of sp³-hybridized carbons (Fsp3) is 0.522. The molecule has 0 spiro atoms. The molecule has 0 aliphatic heterocycles. The highest BCUT2D eigenvalue weighted by Gasteiger charge is 2.35. The quantitative estimate of drug-likeness (QED) is 0.572. The third kappa shape index (κ3) is 4.20. The third-order valence-electron chi connectivity index (χ3n) is 5.86. The van der Waals surface area contributed by atoms with Crippen molar-refractivity contribution in [2.45, 2.75) is 70.8 Å². The zero-order chi connectivity index (χ0) is 18.6. The summed E-state index contributed by atoms with van der Waals surface area (Å²) in [4.78, 5) is 12.2. The number of ether oxygens (including phenoxy) is 2. The Kier molecular flexibility index (Phi) is 5.85. The van der Waals surface area contributed by atoms with E-state index in [2.05, 4.69) is 45.0 Å². The highest BCUT2D eigenvalue weighted by atomic mass is 16.6. The van der Waals surface area contributed by atoms with E-state index in [1.807, 2.05) is 12.1 Å². The van der Waals surface area contributed by atoms with E-state index in [0.29, 0.717) is 11.7 Å². The lowest BCUT2D eigenvalue weighted by molar-refractivity contribution is -0.162. The van der Waals surface area contributed by atoms with Crippen molar-refractivity contribution in [1.29, 1.82) is 0 Å². The van der Waals surface area contributed by atoms with E-state index in [9.17, 15) is 4.79 Å². The average molecular weight is 354 g/mol. The summed E-state index contributed by atoms with van der Waals surface area (Å²) in [5.41, 5.74) is 1.11. The monoisotopic (exact) mass is 354 g/mol. The summed E-state index contributed by atoms with van der Waals surface area (Å²) in [5.74, 6) is 1.01. The van der Waals surface area contributed by atoms with Crippen molar-refractivity contribution in [3.05, 3.63) is 42.0 Å². The van der Waals surface area contributed by atoms with Crippen LogP contribution in [0.3, 0.4) is 0 Å². The largest absolute Gasteiger partial charge is 0.482 e. The molecule has 3 nitrogen and oxygen atoms in total. The van der Waals surface area contributed by atoms with Gasteiger partial charge in [-0.2, -0.15) is 0 Å². The van der Waals surface area contributed by atoms with Crippen molar-refractivity contribution in [3.8, 4) is 5.75 Å². The number of hydrogen-bond acceptors (Lipinski definition) is 3. The molecule has 1 fully saturated rings. The van der Waals surface area contributed by atoms with Gasteiger partial charge in [-0.05, 0) is 72.9 Å². The number of esters is 1. The minimum Gasteiger partial charge on any atom is -0.482 e. The fourth-order valence-electron chi connectivity index (χ4n) is 3.83. The molecule has 0 radical (unpaired) electrons. The van der Waals surface area contributed by atoms with Gasteiger partial charge in [0, 0.05) is 0 Å². The van der Waals surface area contributed by atoms with Gasteiger partial charge in [-0.3, -0.25) is 0 Å². The van der Waals surface area contributed by atoms with E-state index >= 15 is 0 Å². The Balaban J connectivity index is 1.63. The van der Waals surface area contributed by atoms with E-state index in [0.717, 1.165) is 43.9 Å². The first-order valence-electron chi connectivity index (χ1n) is 9.93. The van der Waals surface area contributed by atoms with Gasteiger partial charge in [0.05, 0.1) is 0 Å². The van der Waals surface area contributed by atoms with Crippen molar-refractivity contribution < 1.29 is 14.3 Å². The highest BCUT2D eigenvalue weighted by Crippen LogP contribution is 2.36. The molecule has 0 amide bonds. The smallest absolute Gasteiger partial charge is 0.344 e. The minimum atomic E-state index is -0.263. The summed E-state index contributed by atoms with van der Waals surface area (Å²) in [7, 11) is 0. The van der Waals surface area contributed by atoms with E-state index in [1.165, 1.54) is 10.9 Å². The number of carbonyl (C=O) groups excluding carboxylic acids is 1. The second-order valence-electron chi connectivity index (χ2n) is 7.58. The zero-order valence-corrected chi connectivity index (χ0v) is 16.2. The van der Waals surface area contributed by atoms with E-state index in [4.69, 9.17) is 9.47 Å². The molecule has 26 heavy (non-hydrogen) atoms. The first-order valence-corrected chi connectivity index (χ1v) is 9.93. The van der Waals surface area contributed by atoms with Gasteiger partial charge >= 0.3 is 5.97 Å². The standard InChI is InChI=1S/C23H30O3/c1-4-17(3)18-8-9-20-15-21(11-10-19(20)14-18)25-16-22(24)26-23(5-2)12-6-7-13-23/h8-11,14-15,17H,4-7,12-13,16H2,1-3H3. The lowest BCUT2D eigenvalue weighted by atomic mass is 9.96. The summed E-state index contributed by atoms with van der Waals surface area (Å²) in [6.07, 6.45) is 6.26. The summed E-state index contributed by atoms with van der Waals surface area (Å²) < 4.78 is 11.4. The van der Waals surface area contributed by atoms with Gasteiger partial charge in [0.25, 0.3) is 0 Å². The number of fused-ring (bicyclic) bond motifs is 1. The number of carbonyl (C=O) groups is 1. The molecule has 3 rings (SSSR count). The Morgan fingerprint density at radius 2 is 1.77 bits per heavy atom. The van der Waals surface area contributed by atoms with Gasteiger partial charge in [0.2, 0.25) is 0 Å². The minimum absolute atomic E-state index is 0.0296. The molecule has 1 atom stereocenters. The number of benzene rings is 2. The zero-order valence-electron chi connectivity index (χ0n) is 16.2. The predicted molar refractivity (Wildman–Crippen MR) is 106 cm³/mol. The molecule has 140 valence electrons. The SMILES string of the molecule is CCC(C)c1ccc2cc(OCC(=O)OC3(CC)CCCC3)ccc2c1. The first kappa shape index (κ1) is 18.8. The van der Waals surface area contributed by atoms with Crippen molar-refractivity contribution in [2.75, 3.05) is 6.61 Å². The molecule has 0 saturated heterocycles. The maximum atomic E-state index is 12.2. The van der Waals surface area contributed by atoms with Crippen LogP contribution in [0.25, 0.3) is 10.8 Å². The van der Waals surface area contributed by atoms with Crippen LogP contribution in [0.4, 0.5) is 0 Å². The first-order chi connectivity index (χ1) is 12.5. The molecule has 0 heterocycles. The van der Waals surface area contributed by atoms with Crippen molar-refractivity contribution in [2.24, 2.45) is 0 Å². The molecule has 0 N–H and O–H groups in total. The van der Waals surface area contributed by atoms with Crippen molar-refractivity contribution in [3.63, 3.8) is 0 Å². The number of hydrogen-bond donors (Lipinski definition) is 0. The van der Waals surface area contributed by atoms with Crippen LogP contribution >= 0.6 is 0 Å². The summed E-state index contributed by atoms with van der Waals surface area (Å²) in [5, 5.41) is 2.33. The second kappa shape index (κ2) is 8.11. The number of rotatable bonds is 7. The Hall–Kier alpha value is -2.03. The topological polar surface area (TPSA) is 35.5 Å². The second-order valence-corrected chi connectivity index (χ2v) is 7.58. The van der Waals surface area contributed by atoms with Gasteiger partial charge in [-0.25, -0.2) is 4.79 Å². The lowest BCUT2D eigenvalue weighted by Gasteiger charge is -2.27. The fourth-order valence-corrected chi connectivity index (χ4v) is 3.83. The lowest BCUT2D eigenvalue weighted by Crippen LogP contribution is -2.33. The highest BCUT2D eigenvalue weighted by molar-refractivity contribution is 5.84. The molecule has 1 aliphatic carbocycles. The summed E-state index contributed by atoms with van der Waals surface area (Å²) in [6, 6.07) is 12.5. The maximum Gasteiger partial charge on any atom is 0.344 e. The average Bonchev–Trinajstić information content (AvgIpc) is 3.14. The molecule has 1 aliphatic rings. The van der Waals surface area contributed by atoms with Crippen molar-refractivity contribution in [1.82, 2.24) is 0 Å². The molecule has 1 saturated carbocycles. The van der Waals surface area contributed by atoms with Crippen LogP contribution in [0, 0.1) is 0 Å². The van der Waals surface area contributed by atoms with Crippen LogP contribution < -0.4 is 4.74 Å². The van der Waals surface area contributed by atoms with Gasteiger partial charge in [-0.1, -0.05) is 45.0 Å². The van der Waals surface area contributed by atoms with Crippen LogP contribution in [0.5, 0.6) is 5.75 Å². The van der Waals surface area contributed by atoms with E-state index < -0.39 is 0 Å². The normalized spacial score (nSPS) is 17.2. The van der Waals surface area contributed by atoms with Crippen LogP contribution in [-0.2, 0) is 9.53 Å². The molecule has 2 aromatic rings.